The molecule has 1 aliphatic carbocycles. The average Bonchev–Trinajstić information content (AvgIpc) is 3.32. The molecule has 35 heavy (non-hydrogen) atoms. The van der Waals surface area contributed by atoms with Gasteiger partial charge in [-0.1, -0.05) is 17.7 Å². The maximum atomic E-state index is 12.8. The lowest BCUT2D eigenvalue weighted by Crippen LogP contribution is -2.56. The smallest absolute Gasteiger partial charge is 0.229 e. The zero-order valence-corrected chi connectivity index (χ0v) is 21.3. The first-order chi connectivity index (χ1) is 16.9. The van der Waals surface area contributed by atoms with Crippen LogP contribution >= 0.6 is 22.9 Å². The topological polar surface area (TPSA) is 74.7 Å². The third-order valence-electron chi connectivity index (χ3n) is 8.17. The Labute approximate surface area is 214 Å². The van der Waals surface area contributed by atoms with Crippen LogP contribution in [-0.2, 0) is 9.53 Å². The molecule has 0 spiro atoms. The maximum absolute atomic E-state index is 12.8. The summed E-state index contributed by atoms with van der Waals surface area (Å²) in [5.41, 5.74) is 0.844. The Morgan fingerprint density at radius 2 is 2.11 bits per heavy atom. The number of aliphatic hydroxyl groups is 1. The summed E-state index contributed by atoms with van der Waals surface area (Å²) in [5.74, 6) is 1.36. The summed E-state index contributed by atoms with van der Waals surface area (Å²) in [7, 11) is 0. The number of aromatic nitrogens is 1. The second kappa shape index (κ2) is 9.12. The highest BCUT2D eigenvalue weighted by molar-refractivity contribution is 7.10. The first kappa shape index (κ1) is 23.4. The van der Waals surface area contributed by atoms with E-state index in [2.05, 4.69) is 39.6 Å². The van der Waals surface area contributed by atoms with Gasteiger partial charge in [0.15, 0.2) is 0 Å². The van der Waals surface area contributed by atoms with Gasteiger partial charge in [-0.2, -0.15) is 0 Å². The number of rotatable bonds is 5. The number of fused-ring (bicyclic) bond motifs is 1. The zero-order chi connectivity index (χ0) is 24.2. The van der Waals surface area contributed by atoms with E-state index in [4.69, 9.17) is 16.3 Å². The van der Waals surface area contributed by atoms with Gasteiger partial charge in [0.05, 0.1) is 24.9 Å². The first-order valence-electron chi connectivity index (χ1n) is 12.4. The molecular weight excluding hydrogens is 482 g/mol. The van der Waals surface area contributed by atoms with Gasteiger partial charge in [0.1, 0.15) is 5.82 Å². The monoisotopic (exact) mass is 511 g/mol. The number of amides is 1. The van der Waals surface area contributed by atoms with Gasteiger partial charge in [-0.05, 0) is 85.8 Å². The Bertz CT molecular complexity index is 1240. The molecule has 1 amide bonds. The van der Waals surface area contributed by atoms with Crippen molar-refractivity contribution in [3.05, 3.63) is 57.4 Å². The summed E-state index contributed by atoms with van der Waals surface area (Å²) in [6.07, 6.45) is 4.21. The Hall–Kier alpha value is -2.03. The minimum atomic E-state index is -0.444. The number of benzene rings is 1. The Kier molecular flexibility index (Phi) is 6.09. The Morgan fingerprint density at radius 3 is 2.83 bits per heavy atom. The quantitative estimate of drug-likeness (QED) is 0.503. The molecule has 2 saturated heterocycles. The number of thiophene rings is 1. The SMILES string of the molecule is CC1(N2CCC(c3cc4cc(NC(=O)C5CC5c5cccs5)ncc4cc3Cl)CC2)COCC1O. The van der Waals surface area contributed by atoms with Crippen molar-refractivity contribution in [1.82, 2.24) is 9.88 Å². The molecule has 2 N–H and O–H groups in total. The molecule has 3 fully saturated rings. The molecular formula is C27H30ClN3O3S. The second-order valence-electron chi connectivity index (χ2n) is 10.4. The van der Waals surface area contributed by atoms with Crippen molar-refractivity contribution in [3.63, 3.8) is 0 Å². The van der Waals surface area contributed by atoms with Crippen molar-refractivity contribution in [2.75, 3.05) is 31.6 Å². The van der Waals surface area contributed by atoms with Crippen LogP contribution < -0.4 is 5.32 Å². The van der Waals surface area contributed by atoms with Crippen molar-refractivity contribution in [1.29, 1.82) is 0 Å². The minimum absolute atomic E-state index is 0.0303. The molecule has 8 heteroatoms. The van der Waals surface area contributed by atoms with E-state index >= 15 is 0 Å². The van der Waals surface area contributed by atoms with Crippen molar-refractivity contribution in [3.8, 4) is 0 Å². The number of nitrogens with one attached hydrogen (secondary N) is 1. The molecule has 184 valence electrons. The van der Waals surface area contributed by atoms with E-state index in [1.54, 1.807) is 17.5 Å². The third kappa shape index (κ3) is 4.38. The zero-order valence-electron chi connectivity index (χ0n) is 19.7. The fraction of sp³-hybridized carbons (Fsp3) is 0.481. The van der Waals surface area contributed by atoms with Gasteiger partial charge in [-0.15, -0.1) is 11.3 Å². The fourth-order valence-electron chi connectivity index (χ4n) is 5.74. The number of hydrogen-bond acceptors (Lipinski definition) is 6. The van der Waals surface area contributed by atoms with Crippen LogP contribution in [0, 0.1) is 5.92 Å². The lowest BCUT2D eigenvalue weighted by atomic mass is 9.85. The number of carbonyl (C=O) groups excluding carboxylic acids is 1. The molecule has 3 aromatic rings. The van der Waals surface area contributed by atoms with Crippen LogP contribution in [0.3, 0.4) is 0 Å². The van der Waals surface area contributed by atoms with Crippen LogP contribution in [0.4, 0.5) is 5.82 Å². The van der Waals surface area contributed by atoms with E-state index in [-0.39, 0.29) is 17.4 Å². The summed E-state index contributed by atoms with van der Waals surface area (Å²) in [6.45, 7) is 4.89. The summed E-state index contributed by atoms with van der Waals surface area (Å²) in [5, 5.41) is 18.3. The highest BCUT2D eigenvalue weighted by Crippen LogP contribution is 2.49. The molecule has 0 bridgehead atoms. The number of piperidine rings is 1. The Morgan fingerprint density at radius 1 is 1.29 bits per heavy atom. The second-order valence-corrected chi connectivity index (χ2v) is 11.8. The highest BCUT2D eigenvalue weighted by atomic mass is 35.5. The number of nitrogens with zero attached hydrogens (tertiary/aromatic N) is 2. The first-order valence-corrected chi connectivity index (χ1v) is 13.6. The molecule has 0 radical (unpaired) electrons. The largest absolute Gasteiger partial charge is 0.389 e. The lowest BCUT2D eigenvalue weighted by molar-refractivity contribution is -0.117. The summed E-state index contributed by atoms with van der Waals surface area (Å²) in [4.78, 5) is 20.9. The van der Waals surface area contributed by atoms with Crippen molar-refractivity contribution in [2.45, 2.75) is 49.7 Å². The number of carbonyl (C=O) groups is 1. The molecule has 4 unspecified atom stereocenters. The average molecular weight is 512 g/mol. The molecule has 1 aromatic carbocycles. The Balaban J connectivity index is 1.15. The number of halogens is 1. The van der Waals surface area contributed by atoms with E-state index < -0.39 is 6.10 Å². The summed E-state index contributed by atoms with van der Waals surface area (Å²) < 4.78 is 5.54. The van der Waals surface area contributed by atoms with Crippen LogP contribution in [-0.4, -0.2) is 58.8 Å². The van der Waals surface area contributed by atoms with Crippen molar-refractivity contribution >= 4 is 45.4 Å². The van der Waals surface area contributed by atoms with Crippen LogP contribution in [0.1, 0.15) is 48.5 Å². The van der Waals surface area contributed by atoms with E-state index in [0.29, 0.717) is 30.9 Å². The van der Waals surface area contributed by atoms with Gasteiger partial charge in [0.25, 0.3) is 0 Å². The number of aliphatic hydroxyl groups excluding tert-OH is 1. The molecule has 2 aromatic heterocycles. The third-order valence-corrected chi connectivity index (χ3v) is 9.50. The van der Waals surface area contributed by atoms with Crippen LogP contribution in [0.15, 0.2) is 41.9 Å². The summed E-state index contributed by atoms with van der Waals surface area (Å²) in [6, 6.07) is 10.3. The number of likely N-dealkylation sites (tertiary alicyclic amines) is 1. The molecule has 4 heterocycles. The summed E-state index contributed by atoms with van der Waals surface area (Å²) >= 11 is 8.44. The van der Waals surface area contributed by atoms with Gasteiger partial charge < -0.3 is 15.2 Å². The standard InChI is InChI=1S/C27H30ClN3O3S/c1-27(15-34-14-24(27)32)31-6-4-16(5-7-31)19-9-17-11-25(29-13-18(17)10-22(19)28)30-26(33)21-12-20(21)23-3-2-8-35-23/h2-3,8-11,13,16,20-21,24,32H,4-7,12,14-15H2,1H3,(H,29,30,33). The van der Waals surface area contributed by atoms with Gasteiger partial charge in [-0.25, -0.2) is 4.98 Å². The van der Waals surface area contributed by atoms with Gasteiger partial charge in [0.2, 0.25) is 5.91 Å². The van der Waals surface area contributed by atoms with Gasteiger partial charge >= 0.3 is 0 Å². The number of anilines is 1. The number of pyridine rings is 1. The van der Waals surface area contributed by atoms with Crippen LogP contribution in [0.25, 0.3) is 10.8 Å². The molecule has 3 aliphatic rings. The number of ether oxygens (including phenoxy) is 1. The van der Waals surface area contributed by atoms with E-state index in [9.17, 15) is 9.90 Å². The van der Waals surface area contributed by atoms with E-state index in [0.717, 1.165) is 53.7 Å². The van der Waals surface area contributed by atoms with Crippen molar-refractivity contribution in [2.24, 2.45) is 5.92 Å². The predicted octanol–water partition coefficient (Wildman–Crippen LogP) is 5.02. The van der Waals surface area contributed by atoms with E-state index in [1.165, 1.54) is 4.88 Å². The lowest BCUT2D eigenvalue weighted by Gasteiger charge is -2.43. The molecule has 2 aliphatic heterocycles. The van der Waals surface area contributed by atoms with Gasteiger partial charge in [-0.3, -0.25) is 9.69 Å². The van der Waals surface area contributed by atoms with Gasteiger partial charge in [0, 0.05) is 33.3 Å². The molecule has 6 nitrogen and oxygen atoms in total. The predicted molar refractivity (Wildman–Crippen MR) is 139 cm³/mol. The normalized spacial score (nSPS) is 29.5. The maximum Gasteiger partial charge on any atom is 0.229 e. The molecule has 6 rings (SSSR count). The minimum Gasteiger partial charge on any atom is -0.389 e. The van der Waals surface area contributed by atoms with Crippen LogP contribution in [0.5, 0.6) is 0 Å². The molecule has 4 atom stereocenters. The van der Waals surface area contributed by atoms with E-state index in [1.807, 2.05) is 18.2 Å². The van der Waals surface area contributed by atoms with Crippen LogP contribution in [0.2, 0.25) is 5.02 Å². The number of hydrogen-bond donors (Lipinski definition) is 2. The molecule has 1 saturated carbocycles. The van der Waals surface area contributed by atoms with Crippen molar-refractivity contribution < 1.29 is 14.6 Å². The highest BCUT2D eigenvalue weighted by Gasteiger charge is 2.45. The fourth-order valence-corrected chi connectivity index (χ4v) is 6.97.